The molecule has 1 aromatic carbocycles. The fraction of sp³-hybridized carbons (Fsp3) is 0.400. The van der Waals surface area contributed by atoms with E-state index in [-0.39, 0.29) is 30.1 Å². The van der Waals surface area contributed by atoms with E-state index in [1.54, 1.807) is 35.7 Å². The van der Waals surface area contributed by atoms with Gasteiger partial charge in [0.1, 0.15) is 6.04 Å². The number of nitrogens with one attached hydrogen (secondary N) is 1. The first-order chi connectivity index (χ1) is 13.6. The van der Waals surface area contributed by atoms with Gasteiger partial charge < -0.3 is 10.2 Å². The molecule has 28 heavy (non-hydrogen) atoms. The van der Waals surface area contributed by atoms with Gasteiger partial charge in [-0.05, 0) is 42.1 Å². The summed E-state index contributed by atoms with van der Waals surface area (Å²) < 4.78 is 3.77. The van der Waals surface area contributed by atoms with Crippen LogP contribution in [-0.2, 0) is 4.79 Å². The number of carbonyl (C=O) groups excluding carboxylic acids is 2. The molecule has 1 heterocycles. The Kier molecular flexibility index (Phi) is 7.17. The summed E-state index contributed by atoms with van der Waals surface area (Å²) in [5, 5.41) is 9.16. The van der Waals surface area contributed by atoms with Crippen LogP contribution >= 0.6 is 23.1 Å². The summed E-state index contributed by atoms with van der Waals surface area (Å²) in [7, 11) is 0. The number of nitrogens with zero attached hydrogens (tertiary/aromatic N) is 3. The van der Waals surface area contributed by atoms with Gasteiger partial charge in [-0.25, -0.2) is 0 Å². The monoisotopic (exact) mass is 418 g/mol. The zero-order valence-corrected chi connectivity index (χ0v) is 17.1. The van der Waals surface area contributed by atoms with Crippen LogP contribution in [-0.4, -0.2) is 38.9 Å². The molecule has 1 aliphatic carbocycles. The fourth-order valence-corrected chi connectivity index (χ4v) is 4.05. The molecule has 148 valence electrons. The SMILES string of the molecule is C=CCN(C(=O)c1csnn1)[C@@H](C(=O)NC1CCCCC1)c1ccc(Cl)cc1. The first-order valence-electron chi connectivity index (χ1n) is 9.35. The Hall–Kier alpha value is -2.25. The Labute approximate surface area is 173 Å². The van der Waals surface area contributed by atoms with Crippen molar-refractivity contribution in [3.8, 4) is 0 Å². The second-order valence-electron chi connectivity index (χ2n) is 6.83. The molecule has 0 aliphatic heterocycles. The first-order valence-corrected chi connectivity index (χ1v) is 10.6. The van der Waals surface area contributed by atoms with Gasteiger partial charge in [-0.2, -0.15) is 0 Å². The summed E-state index contributed by atoms with van der Waals surface area (Å²) in [4.78, 5) is 27.8. The van der Waals surface area contributed by atoms with Crippen LogP contribution in [0.3, 0.4) is 0 Å². The van der Waals surface area contributed by atoms with E-state index in [0.717, 1.165) is 37.2 Å². The smallest absolute Gasteiger partial charge is 0.276 e. The largest absolute Gasteiger partial charge is 0.351 e. The van der Waals surface area contributed by atoms with Crippen LogP contribution in [0.4, 0.5) is 0 Å². The van der Waals surface area contributed by atoms with Crippen molar-refractivity contribution in [2.45, 2.75) is 44.2 Å². The second kappa shape index (κ2) is 9.80. The van der Waals surface area contributed by atoms with Crippen molar-refractivity contribution in [3.05, 3.63) is 58.6 Å². The molecule has 0 spiro atoms. The molecule has 2 aromatic rings. The summed E-state index contributed by atoms with van der Waals surface area (Å²) in [6.45, 7) is 3.96. The van der Waals surface area contributed by atoms with Crippen LogP contribution in [0.2, 0.25) is 5.02 Å². The standard InChI is InChI=1S/C20H23ClN4O2S/c1-2-12-25(20(27)17-13-28-24-23-17)18(14-8-10-15(21)11-9-14)19(26)22-16-6-4-3-5-7-16/h2,8-11,13,16,18H,1,3-7,12H2,(H,22,26)/t18-/m1/s1. The van der Waals surface area contributed by atoms with Gasteiger partial charge in [0.25, 0.3) is 5.91 Å². The third-order valence-corrected chi connectivity index (χ3v) is 5.62. The summed E-state index contributed by atoms with van der Waals surface area (Å²) in [6.07, 6.45) is 6.95. The Morgan fingerprint density at radius 2 is 2.00 bits per heavy atom. The van der Waals surface area contributed by atoms with E-state index in [1.807, 2.05) is 0 Å². The third kappa shape index (κ3) is 4.97. The van der Waals surface area contributed by atoms with E-state index in [0.29, 0.717) is 10.6 Å². The lowest BCUT2D eigenvalue weighted by molar-refractivity contribution is -0.126. The summed E-state index contributed by atoms with van der Waals surface area (Å²) in [5.41, 5.74) is 0.910. The number of carbonyl (C=O) groups is 2. The van der Waals surface area contributed by atoms with E-state index < -0.39 is 6.04 Å². The van der Waals surface area contributed by atoms with Crippen molar-refractivity contribution >= 4 is 34.9 Å². The molecule has 6 nitrogen and oxygen atoms in total. The van der Waals surface area contributed by atoms with Gasteiger partial charge in [-0.1, -0.05) is 53.6 Å². The highest BCUT2D eigenvalue weighted by Crippen LogP contribution is 2.26. The lowest BCUT2D eigenvalue weighted by Gasteiger charge is -2.32. The number of hydrogen-bond donors (Lipinski definition) is 1. The number of halogens is 1. The van der Waals surface area contributed by atoms with Crippen molar-refractivity contribution < 1.29 is 9.59 Å². The summed E-state index contributed by atoms with van der Waals surface area (Å²) in [5.74, 6) is -0.556. The lowest BCUT2D eigenvalue weighted by atomic mass is 9.94. The molecule has 1 N–H and O–H groups in total. The number of rotatable bonds is 7. The average molecular weight is 419 g/mol. The molecule has 0 unspecified atom stereocenters. The number of aromatic nitrogens is 2. The Bertz CT molecular complexity index is 804. The predicted molar refractivity (Wildman–Crippen MR) is 110 cm³/mol. The van der Waals surface area contributed by atoms with E-state index in [9.17, 15) is 9.59 Å². The van der Waals surface area contributed by atoms with E-state index in [2.05, 4.69) is 21.5 Å². The van der Waals surface area contributed by atoms with Gasteiger partial charge in [-0.15, -0.1) is 11.7 Å². The molecule has 8 heteroatoms. The molecule has 2 amide bonds. The number of hydrogen-bond acceptors (Lipinski definition) is 5. The topological polar surface area (TPSA) is 75.2 Å². The zero-order chi connectivity index (χ0) is 19.9. The van der Waals surface area contributed by atoms with Crippen LogP contribution in [0.1, 0.15) is 54.2 Å². The molecule has 1 aromatic heterocycles. The van der Waals surface area contributed by atoms with Crippen molar-refractivity contribution in [1.29, 1.82) is 0 Å². The number of benzene rings is 1. The maximum absolute atomic E-state index is 13.3. The highest BCUT2D eigenvalue weighted by Gasteiger charge is 2.33. The zero-order valence-electron chi connectivity index (χ0n) is 15.5. The minimum Gasteiger partial charge on any atom is -0.351 e. The summed E-state index contributed by atoms with van der Waals surface area (Å²) in [6, 6.07) is 6.33. The molecule has 1 fully saturated rings. The maximum Gasteiger partial charge on any atom is 0.276 e. The van der Waals surface area contributed by atoms with Gasteiger partial charge in [0.15, 0.2) is 5.69 Å². The highest BCUT2D eigenvalue weighted by molar-refractivity contribution is 7.03. The first kappa shape index (κ1) is 20.5. The minimum absolute atomic E-state index is 0.137. The molecule has 1 saturated carbocycles. The van der Waals surface area contributed by atoms with Gasteiger partial charge in [0, 0.05) is 23.0 Å². The van der Waals surface area contributed by atoms with Crippen LogP contribution in [0.5, 0.6) is 0 Å². The van der Waals surface area contributed by atoms with Gasteiger partial charge >= 0.3 is 0 Å². The van der Waals surface area contributed by atoms with Crippen LogP contribution in [0.25, 0.3) is 0 Å². The van der Waals surface area contributed by atoms with Crippen molar-refractivity contribution in [2.24, 2.45) is 0 Å². The van der Waals surface area contributed by atoms with Crippen molar-refractivity contribution in [2.75, 3.05) is 6.54 Å². The van der Waals surface area contributed by atoms with Crippen molar-refractivity contribution in [3.63, 3.8) is 0 Å². The molecular weight excluding hydrogens is 396 g/mol. The molecular formula is C20H23ClN4O2S. The minimum atomic E-state index is -0.800. The maximum atomic E-state index is 13.3. The van der Waals surface area contributed by atoms with E-state index in [1.165, 1.54) is 11.3 Å². The Balaban J connectivity index is 1.92. The van der Waals surface area contributed by atoms with Crippen molar-refractivity contribution in [1.82, 2.24) is 19.8 Å². The Morgan fingerprint density at radius 3 is 2.61 bits per heavy atom. The molecule has 0 saturated heterocycles. The molecule has 0 bridgehead atoms. The molecule has 1 aliphatic rings. The molecule has 1 atom stereocenters. The van der Waals surface area contributed by atoms with Gasteiger partial charge in [0.2, 0.25) is 5.91 Å². The fourth-order valence-electron chi connectivity index (χ4n) is 3.49. The van der Waals surface area contributed by atoms with Crippen LogP contribution < -0.4 is 5.32 Å². The molecule has 3 rings (SSSR count). The summed E-state index contributed by atoms with van der Waals surface area (Å²) >= 11 is 7.12. The normalized spacial score (nSPS) is 15.6. The van der Waals surface area contributed by atoms with Crippen LogP contribution in [0, 0.1) is 0 Å². The second-order valence-corrected chi connectivity index (χ2v) is 7.88. The number of amides is 2. The van der Waals surface area contributed by atoms with Crippen LogP contribution in [0.15, 0.2) is 42.3 Å². The van der Waals surface area contributed by atoms with Gasteiger partial charge in [-0.3, -0.25) is 9.59 Å². The predicted octanol–water partition coefficient (Wildman–Crippen LogP) is 4.01. The van der Waals surface area contributed by atoms with Gasteiger partial charge in [0.05, 0.1) is 0 Å². The quantitative estimate of drug-likeness (QED) is 0.689. The highest BCUT2D eigenvalue weighted by atomic mass is 35.5. The lowest BCUT2D eigenvalue weighted by Crippen LogP contribution is -2.47. The van der Waals surface area contributed by atoms with E-state index in [4.69, 9.17) is 11.6 Å². The Morgan fingerprint density at radius 1 is 1.29 bits per heavy atom. The third-order valence-electron chi connectivity index (χ3n) is 4.86. The average Bonchev–Trinajstić information content (AvgIpc) is 3.24. The molecule has 0 radical (unpaired) electrons. The van der Waals surface area contributed by atoms with E-state index >= 15 is 0 Å².